The van der Waals surface area contributed by atoms with Crippen LogP contribution in [0.1, 0.15) is 128 Å². The zero-order valence-electron chi connectivity index (χ0n) is 49.4. The van der Waals surface area contributed by atoms with Crippen LogP contribution in [0.2, 0.25) is 5.02 Å². The molecular weight excluding hydrogens is 1220 g/mol. The molecule has 0 spiro atoms. The summed E-state index contributed by atoms with van der Waals surface area (Å²) in [5.41, 5.74) is 6.93. The van der Waals surface area contributed by atoms with Gasteiger partial charge < -0.3 is 50.1 Å². The highest BCUT2D eigenvalue weighted by Gasteiger charge is 2.64. The summed E-state index contributed by atoms with van der Waals surface area (Å²) < 4.78 is 29.7. The number of carbonyl (C=O) groups excluding carboxylic acids is 8. The first-order valence-corrected chi connectivity index (χ1v) is 31.0. The standard InChI is InChI=1S/C61H84Br2ClN5O14/c1-34(2)44(28-43(70)17-12-11-16-38(6)80-57(75)42(32-62)33-63)56(74)67-46(18-14-22-66-58(65)76)48(71)27-40-20-21-45(36(4)24-40)68-59(77)82-51-29-52(72)69(9)47-26-41(25-37(5)54(47)64)23-35(3)15-13-19-50(79-10)61(78)30-49(81-53(73)31-61)39(7)55-60(51,8)83-55/h13,15,19-21,24-26,34,38-39,42,44,46,49-51,55,78H,11-12,14,16-18,22-23,27-33H2,1-10H3,(H,67,74)(H,68,77)(H3,65,66,76)/b19-13+,35-15+/t38?,39-,44+,46+,49+,50-,51+,55+,60+,61-/m1/s1. The number of nitrogens with one attached hydrogen (secondary N) is 3. The lowest BCUT2D eigenvalue weighted by Crippen LogP contribution is -2.53. The van der Waals surface area contributed by atoms with Crippen molar-refractivity contribution in [3.63, 3.8) is 0 Å². The summed E-state index contributed by atoms with van der Waals surface area (Å²) in [7, 11) is 3.06. The monoisotopic (exact) mass is 1300 g/mol. The normalized spacial score (nSPS) is 24.9. The molecule has 1 unspecified atom stereocenters. The summed E-state index contributed by atoms with van der Waals surface area (Å²) in [6, 6.07) is 7.07. The first-order chi connectivity index (χ1) is 39.1. The number of hydrogen-bond donors (Lipinski definition) is 5. The van der Waals surface area contributed by atoms with Crippen LogP contribution in [-0.4, -0.2) is 132 Å². The highest BCUT2D eigenvalue weighted by molar-refractivity contribution is 9.09. The van der Waals surface area contributed by atoms with Crippen LogP contribution < -0.4 is 26.6 Å². The van der Waals surface area contributed by atoms with E-state index in [0.717, 1.165) is 16.7 Å². The molecule has 0 radical (unpaired) electrons. The van der Waals surface area contributed by atoms with Crippen molar-refractivity contribution in [2.45, 2.75) is 180 Å². The van der Waals surface area contributed by atoms with Crippen LogP contribution in [0.25, 0.3) is 0 Å². The lowest BCUT2D eigenvalue weighted by molar-refractivity contribution is -0.187. The average Bonchev–Trinajstić information content (AvgIpc) is 2.29. The number of halogens is 3. The number of Topliss-reactive ketones (excluding diaryl/α,β-unsaturated/α-hetero) is 2. The van der Waals surface area contributed by atoms with E-state index < -0.39 is 83.4 Å². The molecule has 0 saturated carbocycles. The maximum absolute atomic E-state index is 14.4. The molecule has 3 aliphatic rings. The minimum Gasteiger partial charge on any atom is -0.462 e. The molecular formula is C61H84Br2ClN5O14. The fraction of sp³-hybridized carbons (Fsp3) is 0.607. The van der Waals surface area contributed by atoms with E-state index in [1.165, 1.54) is 12.0 Å². The first kappa shape index (κ1) is 68.6. The first-order valence-electron chi connectivity index (χ1n) is 28.4. The van der Waals surface area contributed by atoms with Crippen molar-refractivity contribution in [2.75, 3.05) is 41.6 Å². The number of nitrogens with zero attached hydrogens (tertiary/aromatic N) is 1. The Hall–Kier alpha value is -5.19. The zero-order chi connectivity index (χ0) is 61.5. The van der Waals surface area contributed by atoms with Gasteiger partial charge in [0.2, 0.25) is 11.8 Å². The predicted octanol–water partition coefficient (Wildman–Crippen LogP) is 9.41. The zero-order valence-corrected chi connectivity index (χ0v) is 53.3. The van der Waals surface area contributed by atoms with E-state index in [9.17, 15) is 43.5 Å². The summed E-state index contributed by atoms with van der Waals surface area (Å²) in [5, 5.41) is 21.6. The van der Waals surface area contributed by atoms with Gasteiger partial charge in [0, 0.05) is 74.6 Å². The van der Waals surface area contributed by atoms with E-state index in [-0.39, 0.29) is 87.0 Å². The topological polar surface area (TPSA) is 272 Å². The number of aliphatic hydroxyl groups is 1. The lowest BCUT2D eigenvalue weighted by Gasteiger charge is -2.41. The Morgan fingerprint density at radius 2 is 1.70 bits per heavy atom. The van der Waals surface area contributed by atoms with Crippen LogP contribution in [0, 0.1) is 37.5 Å². The molecule has 0 aromatic heterocycles. The van der Waals surface area contributed by atoms with Crippen LogP contribution in [0.15, 0.2) is 54.1 Å². The maximum Gasteiger partial charge on any atom is 0.412 e. The number of aryl methyl sites for hydroxylation is 2. The molecule has 5 amide bonds. The number of ether oxygens (including phenoxy) is 5. The summed E-state index contributed by atoms with van der Waals surface area (Å²) in [5.74, 6) is -4.01. The van der Waals surface area contributed by atoms with Crippen molar-refractivity contribution in [1.29, 1.82) is 0 Å². The summed E-state index contributed by atoms with van der Waals surface area (Å²) in [6.45, 7) is 14.7. The number of primary amides is 1. The molecule has 2 aromatic rings. The number of allylic oxidation sites excluding steroid dienone is 3. The Labute approximate surface area is 509 Å². The number of hydrogen-bond acceptors (Lipinski definition) is 14. The Bertz CT molecular complexity index is 2740. The number of carbonyl (C=O) groups is 8. The van der Waals surface area contributed by atoms with Gasteiger partial charge in [0.1, 0.15) is 35.3 Å². The van der Waals surface area contributed by atoms with Gasteiger partial charge >= 0.3 is 24.1 Å². The number of amides is 5. The van der Waals surface area contributed by atoms with E-state index in [1.807, 2.05) is 59.8 Å². The second kappa shape index (κ2) is 31.3. The van der Waals surface area contributed by atoms with Gasteiger partial charge in [0.25, 0.3) is 0 Å². The van der Waals surface area contributed by atoms with Crippen LogP contribution in [0.5, 0.6) is 0 Å². The Morgan fingerprint density at radius 3 is 2.35 bits per heavy atom. The van der Waals surface area contributed by atoms with Gasteiger partial charge in [-0.2, -0.15) is 0 Å². The number of benzene rings is 2. The number of esters is 2. The van der Waals surface area contributed by atoms with Crippen molar-refractivity contribution in [1.82, 2.24) is 10.6 Å². The van der Waals surface area contributed by atoms with Crippen molar-refractivity contribution in [3.8, 4) is 0 Å². The van der Waals surface area contributed by atoms with E-state index in [4.69, 9.17) is 41.0 Å². The SMILES string of the molecule is CO[C@@H]1/C=C/C=C(\C)Cc2cc(C)c(Cl)c(c2)N(C)C(=O)C[C@H](OC(=O)Nc2ccc(CC(=O)[C@H](CCCNC(N)=O)NC(=O)[C@@H](CC(=O)CCCCC(C)OC(=O)C(CBr)CBr)C(C)C)cc2C)[C@]2(C)O[C@H]2[C@H](C)[C@@H]2C[C@@]1(O)CC(=O)O2. The van der Waals surface area contributed by atoms with Gasteiger partial charge in [0.15, 0.2) is 5.78 Å². The fourth-order valence-corrected chi connectivity index (χ4v) is 12.7. The second-order valence-corrected chi connectivity index (χ2v) is 24.8. The maximum atomic E-state index is 14.4. The van der Waals surface area contributed by atoms with Crippen molar-refractivity contribution >= 4 is 102 Å². The highest BCUT2D eigenvalue weighted by atomic mass is 79.9. The molecule has 2 saturated heterocycles. The molecule has 22 heteroatoms. The third-order valence-electron chi connectivity index (χ3n) is 16.0. The predicted molar refractivity (Wildman–Crippen MR) is 324 cm³/mol. The Balaban J connectivity index is 1.31. The Kier molecular flexibility index (Phi) is 25.8. The number of rotatable bonds is 24. The molecule has 3 heterocycles. The number of alkyl halides is 2. The summed E-state index contributed by atoms with van der Waals surface area (Å²) in [4.78, 5) is 108. The van der Waals surface area contributed by atoms with E-state index in [1.54, 1.807) is 51.2 Å². The third-order valence-corrected chi connectivity index (χ3v) is 18.0. The van der Waals surface area contributed by atoms with Gasteiger partial charge in [-0.05, 0) is 113 Å². The number of epoxide rings is 1. The number of anilines is 2. The number of fused-ring (bicyclic) bond motifs is 5. The van der Waals surface area contributed by atoms with Gasteiger partial charge in [-0.1, -0.05) is 106 Å². The van der Waals surface area contributed by atoms with Crippen LogP contribution in [0.3, 0.4) is 0 Å². The molecule has 2 fully saturated rings. The molecule has 458 valence electrons. The molecule has 6 N–H and O–H groups in total. The molecule has 5 rings (SSSR count). The smallest absolute Gasteiger partial charge is 0.412 e. The van der Waals surface area contributed by atoms with Gasteiger partial charge in [0.05, 0.1) is 47.7 Å². The number of unbranched alkanes of at least 4 members (excludes halogenated alkanes) is 1. The lowest BCUT2D eigenvalue weighted by atomic mass is 9.78. The molecule has 4 bridgehead atoms. The second-order valence-electron chi connectivity index (χ2n) is 23.1. The number of nitrogens with two attached hydrogens (primary N) is 1. The van der Waals surface area contributed by atoms with Crippen LogP contribution in [-0.2, 0) is 65.3 Å². The Morgan fingerprint density at radius 1 is 0.988 bits per heavy atom. The molecule has 2 aromatic carbocycles. The number of ketones is 2. The van der Waals surface area contributed by atoms with Crippen molar-refractivity contribution in [3.05, 3.63) is 81.4 Å². The number of methoxy groups -OCH3 is 1. The minimum atomic E-state index is -1.62. The molecule has 83 heavy (non-hydrogen) atoms. The van der Waals surface area contributed by atoms with E-state index in [0.29, 0.717) is 70.3 Å². The van der Waals surface area contributed by atoms with E-state index >= 15 is 0 Å². The van der Waals surface area contributed by atoms with Crippen LogP contribution in [0.4, 0.5) is 21.0 Å². The van der Waals surface area contributed by atoms with Gasteiger partial charge in [-0.15, -0.1) is 0 Å². The number of urea groups is 1. The fourth-order valence-electron chi connectivity index (χ4n) is 10.8. The van der Waals surface area contributed by atoms with Crippen molar-refractivity contribution in [2.24, 2.45) is 29.4 Å². The quantitative estimate of drug-likeness (QED) is 0.0215. The van der Waals surface area contributed by atoms with E-state index in [2.05, 4.69) is 47.8 Å². The summed E-state index contributed by atoms with van der Waals surface area (Å²) >= 11 is 13.5. The highest BCUT2D eigenvalue weighted by Crippen LogP contribution is 2.50. The average molecular weight is 1310 g/mol. The summed E-state index contributed by atoms with van der Waals surface area (Å²) in [6.07, 6.45) is 2.83. The van der Waals surface area contributed by atoms with Crippen LogP contribution >= 0.6 is 43.5 Å². The largest absolute Gasteiger partial charge is 0.462 e. The van der Waals surface area contributed by atoms with Crippen molar-refractivity contribution < 1.29 is 67.1 Å². The molecule has 10 atom stereocenters. The van der Waals surface area contributed by atoms with Gasteiger partial charge in [-0.3, -0.25) is 34.1 Å². The molecule has 19 nitrogen and oxygen atoms in total. The molecule has 3 aliphatic heterocycles. The molecule has 0 aliphatic carbocycles. The third kappa shape index (κ3) is 19.4. The minimum absolute atomic E-state index is 0.0195. The van der Waals surface area contributed by atoms with Gasteiger partial charge in [-0.25, -0.2) is 9.59 Å².